The van der Waals surface area contributed by atoms with Crippen molar-refractivity contribution >= 4 is 37.3 Å². The number of fused-ring (bicyclic) bond motifs is 1. The van der Waals surface area contributed by atoms with E-state index in [4.69, 9.17) is 16.7 Å². The van der Waals surface area contributed by atoms with Crippen molar-refractivity contribution in [2.45, 2.75) is 22.9 Å². The van der Waals surface area contributed by atoms with Crippen LogP contribution in [-0.4, -0.2) is 41.4 Å². The van der Waals surface area contributed by atoms with E-state index in [0.29, 0.717) is 5.69 Å². The summed E-state index contributed by atoms with van der Waals surface area (Å²) in [6.45, 7) is 1.71. The van der Waals surface area contributed by atoms with Crippen molar-refractivity contribution in [2.75, 3.05) is 19.0 Å². The molecule has 0 saturated carbocycles. The number of halogens is 1. The first-order valence-corrected chi connectivity index (χ1v) is 8.91. The topological polar surface area (TPSA) is 101 Å². The fraction of sp³-hybridized carbons (Fsp3) is 0.400. The Balaban J connectivity index is 2.86. The van der Waals surface area contributed by atoms with Gasteiger partial charge in [0, 0.05) is 14.1 Å². The molecule has 112 valence electrons. The summed E-state index contributed by atoms with van der Waals surface area (Å²) >= 11 is 5.89. The fourth-order valence-electron chi connectivity index (χ4n) is 2.03. The average molecular weight is 340 g/mol. The minimum absolute atomic E-state index is 0.106. The van der Waals surface area contributed by atoms with E-state index in [1.165, 1.54) is 13.1 Å². The Morgan fingerprint density at radius 1 is 1.30 bits per heavy atom. The van der Waals surface area contributed by atoms with Gasteiger partial charge >= 0.3 is 0 Å². The molecule has 1 unspecified atom stereocenters. The zero-order chi connectivity index (χ0) is 15.5. The number of nitrogens with zero attached hydrogens (tertiary/aromatic N) is 2. The zero-order valence-electron chi connectivity index (χ0n) is 11.0. The van der Waals surface area contributed by atoms with Crippen LogP contribution in [0.25, 0.3) is 0 Å². The molecular weight excluding hydrogens is 326 g/mol. The SMILES string of the molecule is CC1N(C)c2cc(Cl)c(S(N)(=O)=O)cc2S(=O)(=O)N1C. The smallest absolute Gasteiger partial charge is 0.246 e. The van der Waals surface area contributed by atoms with Crippen LogP contribution in [0.3, 0.4) is 0 Å². The molecule has 0 radical (unpaired) electrons. The van der Waals surface area contributed by atoms with Crippen LogP contribution in [0, 0.1) is 0 Å². The maximum Gasteiger partial charge on any atom is 0.246 e. The summed E-state index contributed by atoms with van der Waals surface area (Å²) in [6.07, 6.45) is -0.413. The van der Waals surface area contributed by atoms with Gasteiger partial charge in [-0.2, -0.15) is 4.31 Å². The van der Waals surface area contributed by atoms with E-state index in [1.54, 1.807) is 18.9 Å². The Morgan fingerprint density at radius 2 is 1.85 bits per heavy atom. The lowest BCUT2D eigenvalue weighted by Gasteiger charge is -2.39. The van der Waals surface area contributed by atoms with Crippen LogP contribution in [0.4, 0.5) is 5.69 Å². The van der Waals surface area contributed by atoms with E-state index in [0.717, 1.165) is 10.4 Å². The molecule has 1 heterocycles. The van der Waals surface area contributed by atoms with Gasteiger partial charge in [-0.1, -0.05) is 11.6 Å². The molecule has 2 N–H and O–H groups in total. The summed E-state index contributed by atoms with van der Waals surface area (Å²) in [7, 11) is -4.77. The molecule has 0 aromatic heterocycles. The molecule has 0 aliphatic carbocycles. The van der Waals surface area contributed by atoms with E-state index >= 15 is 0 Å². The minimum atomic E-state index is -4.10. The first-order valence-electron chi connectivity index (χ1n) is 5.55. The second-order valence-electron chi connectivity index (χ2n) is 4.56. The highest BCUT2D eigenvalue weighted by atomic mass is 35.5. The van der Waals surface area contributed by atoms with Gasteiger partial charge in [-0.25, -0.2) is 22.0 Å². The second-order valence-corrected chi connectivity index (χ2v) is 8.46. The van der Waals surface area contributed by atoms with Crippen LogP contribution in [0.5, 0.6) is 0 Å². The van der Waals surface area contributed by atoms with Crippen LogP contribution >= 0.6 is 11.6 Å². The maximum absolute atomic E-state index is 12.4. The predicted octanol–water partition coefficient (Wildman–Crippen LogP) is 0.404. The van der Waals surface area contributed by atoms with Crippen molar-refractivity contribution in [3.05, 3.63) is 17.2 Å². The summed E-state index contributed by atoms with van der Waals surface area (Å²) < 4.78 is 48.8. The monoisotopic (exact) mass is 339 g/mol. The number of hydrogen-bond acceptors (Lipinski definition) is 5. The number of hydrogen-bond donors (Lipinski definition) is 1. The van der Waals surface area contributed by atoms with Gasteiger partial charge in [-0.3, -0.25) is 0 Å². The Morgan fingerprint density at radius 3 is 2.35 bits per heavy atom. The van der Waals surface area contributed by atoms with Crippen molar-refractivity contribution in [1.82, 2.24) is 4.31 Å². The van der Waals surface area contributed by atoms with Gasteiger partial charge in [0.15, 0.2) is 0 Å². The number of primary sulfonamides is 1. The molecule has 2 rings (SSSR count). The molecule has 10 heteroatoms. The molecule has 1 aliphatic heterocycles. The third-order valence-electron chi connectivity index (χ3n) is 3.44. The summed E-state index contributed by atoms with van der Waals surface area (Å²) in [5, 5.41) is 4.94. The molecule has 1 aromatic carbocycles. The standard InChI is InChI=1S/C10H14ClN3O4S2/c1-6-13(2)8-4-7(11)9(19(12,15)16)5-10(8)20(17,18)14(6)3/h4-6H,1-3H3,(H2,12,15,16). The molecule has 0 fully saturated rings. The zero-order valence-corrected chi connectivity index (χ0v) is 13.4. The molecule has 1 aliphatic rings. The van der Waals surface area contributed by atoms with Gasteiger partial charge in [0.2, 0.25) is 20.0 Å². The van der Waals surface area contributed by atoms with Crippen LogP contribution in [0.1, 0.15) is 6.92 Å². The van der Waals surface area contributed by atoms with E-state index in [-0.39, 0.29) is 9.92 Å². The average Bonchev–Trinajstić information content (AvgIpc) is 2.32. The van der Waals surface area contributed by atoms with Crippen LogP contribution in [0.2, 0.25) is 5.02 Å². The van der Waals surface area contributed by atoms with Gasteiger partial charge in [0.05, 0.1) is 16.9 Å². The molecule has 0 saturated heterocycles. The minimum Gasteiger partial charge on any atom is -0.357 e. The lowest BCUT2D eigenvalue weighted by atomic mass is 10.2. The van der Waals surface area contributed by atoms with Gasteiger partial charge in [0.1, 0.15) is 9.79 Å². The number of anilines is 1. The van der Waals surface area contributed by atoms with Gasteiger partial charge in [-0.05, 0) is 19.1 Å². The molecular formula is C10H14ClN3O4S2. The Hall–Kier alpha value is -0.870. The molecule has 0 bridgehead atoms. The van der Waals surface area contributed by atoms with Gasteiger partial charge in [-0.15, -0.1) is 0 Å². The largest absolute Gasteiger partial charge is 0.357 e. The highest BCUT2D eigenvalue weighted by Gasteiger charge is 2.38. The number of benzene rings is 1. The van der Waals surface area contributed by atoms with Gasteiger partial charge in [0.25, 0.3) is 0 Å². The second kappa shape index (κ2) is 4.57. The predicted molar refractivity (Wildman–Crippen MR) is 75.6 cm³/mol. The van der Waals surface area contributed by atoms with Crippen molar-refractivity contribution in [3.8, 4) is 0 Å². The first kappa shape index (κ1) is 15.5. The molecule has 0 amide bonds. The number of sulfonamides is 2. The number of rotatable bonds is 1. The van der Waals surface area contributed by atoms with Crippen molar-refractivity contribution < 1.29 is 16.8 Å². The highest BCUT2D eigenvalue weighted by molar-refractivity contribution is 7.90. The van der Waals surface area contributed by atoms with E-state index < -0.39 is 31.1 Å². The fourth-order valence-corrected chi connectivity index (χ4v) is 4.78. The molecule has 1 aromatic rings. The van der Waals surface area contributed by atoms with Crippen LogP contribution < -0.4 is 10.0 Å². The molecule has 7 nitrogen and oxygen atoms in total. The third-order valence-corrected chi connectivity index (χ3v) is 6.77. The quantitative estimate of drug-likeness (QED) is 0.798. The third kappa shape index (κ3) is 2.19. The summed E-state index contributed by atoms with van der Waals surface area (Å²) in [4.78, 5) is 1.15. The Kier molecular flexibility index (Phi) is 3.54. The Labute approximate surface area is 123 Å². The lowest BCUT2D eigenvalue weighted by Crippen LogP contribution is -2.49. The highest BCUT2D eigenvalue weighted by Crippen LogP contribution is 2.38. The van der Waals surface area contributed by atoms with E-state index in [1.807, 2.05) is 0 Å². The van der Waals surface area contributed by atoms with Crippen LogP contribution in [0.15, 0.2) is 21.9 Å². The lowest BCUT2D eigenvalue weighted by molar-refractivity contribution is 0.373. The molecule has 1 atom stereocenters. The Bertz CT molecular complexity index is 776. The van der Waals surface area contributed by atoms with Gasteiger partial charge < -0.3 is 4.90 Å². The van der Waals surface area contributed by atoms with Crippen molar-refractivity contribution in [2.24, 2.45) is 5.14 Å². The maximum atomic E-state index is 12.4. The van der Waals surface area contributed by atoms with E-state index in [2.05, 4.69) is 0 Å². The number of nitrogens with two attached hydrogens (primary N) is 1. The summed E-state index contributed by atoms with van der Waals surface area (Å²) in [5.74, 6) is 0. The normalized spacial score (nSPS) is 22.6. The van der Waals surface area contributed by atoms with E-state index in [9.17, 15) is 16.8 Å². The van der Waals surface area contributed by atoms with Crippen molar-refractivity contribution in [1.29, 1.82) is 0 Å². The first-order chi connectivity index (χ1) is 8.98. The summed E-state index contributed by atoms with van der Waals surface area (Å²) in [6, 6.07) is 2.30. The van der Waals surface area contributed by atoms with Crippen LogP contribution in [-0.2, 0) is 20.0 Å². The van der Waals surface area contributed by atoms with Crippen molar-refractivity contribution in [3.63, 3.8) is 0 Å². The molecule has 20 heavy (non-hydrogen) atoms. The summed E-state index contributed by atoms with van der Waals surface area (Å²) in [5.41, 5.74) is 0.341. The molecule has 0 spiro atoms.